The molecule has 0 aliphatic carbocycles. The van der Waals surface area contributed by atoms with E-state index >= 15 is 0 Å². The number of hydrogen-bond acceptors (Lipinski definition) is 5. The highest BCUT2D eigenvalue weighted by Crippen LogP contribution is 2.18. The molecule has 0 aliphatic rings. The van der Waals surface area contributed by atoms with Crippen molar-refractivity contribution in [3.8, 4) is 5.75 Å². The maximum absolute atomic E-state index is 13.9. The molecule has 0 atom stereocenters. The molecule has 0 spiro atoms. The first kappa shape index (κ1) is 30.3. The van der Waals surface area contributed by atoms with Crippen LogP contribution in [-0.2, 0) is 19.7 Å². The molecule has 0 saturated carbocycles. The van der Waals surface area contributed by atoms with Gasteiger partial charge in [-0.1, -0.05) is 61.5 Å². The van der Waals surface area contributed by atoms with Crippen LogP contribution >= 0.6 is 0 Å². The Labute approximate surface area is 255 Å². The lowest BCUT2D eigenvalue weighted by molar-refractivity contribution is 0.0948. The molecular formula is C35H35FN4O4. The van der Waals surface area contributed by atoms with E-state index in [9.17, 15) is 18.8 Å². The number of pyridine rings is 1. The third-order valence-electron chi connectivity index (χ3n) is 7.37. The number of rotatable bonds is 12. The summed E-state index contributed by atoms with van der Waals surface area (Å²) in [5, 5.41) is 2.71. The van der Waals surface area contributed by atoms with Crippen molar-refractivity contribution in [2.45, 2.75) is 40.0 Å². The first-order chi connectivity index (χ1) is 21.3. The standard InChI is InChI=1S/C35H35FN4O4/c1-3-16-38(29-11-7-8-25(2)21-29)17-18-39-19-20-40-23-30(34(42)37-22-26-12-14-28(36)15-13-26)32(41)33(31(40)35(39)43)44-24-27-9-5-4-6-10-27/h4-15,19-21,23H,3,16-18,22,24H2,1-2H3,(H,37,42). The summed E-state index contributed by atoms with van der Waals surface area (Å²) in [5.74, 6) is -1.20. The largest absolute Gasteiger partial charge is 0.483 e. The summed E-state index contributed by atoms with van der Waals surface area (Å²) >= 11 is 0. The van der Waals surface area contributed by atoms with Gasteiger partial charge >= 0.3 is 0 Å². The smallest absolute Gasteiger partial charge is 0.278 e. The van der Waals surface area contributed by atoms with Gasteiger partial charge in [-0.15, -0.1) is 0 Å². The Morgan fingerprint density at radius 1 is 0.932 bits per heavy atom. The predicted molar refractivity (Wildman–Crippen MR) is 170 cm³/mol. The minimum Gasteiger partial charge on any atom is -0.483 e. The highest BCUT2D eigenvalue weighted by atomic mass is 19.1. The van der Waals surface area contributed by atoms with Crippen LogP contribution in [0.4, 0.5) is 10.1 Å². The summed E-state index contributed by atoms with van der Waals surface area (Å²) < 4.78 is 22.3. The van der Waals surface area contributed by atoms with Gasteiger partial charge in [0.05, 0.1) is 0 Å². The Bertz CT molecular complexity index is 1870. The first-order valence-corrected chi connectivity index (χ1v) is 14.6. The van der Waals surface area contributed by atoms with Gasteiger partial charge in [-0.05, 0) is 54.3 Å². The van der Waals surface area contributed by atoms with Gasteiger partial charge < -0.3 is 23.9 Å². The molecule has 5 aromatic rings. The van der Waals surface area contributed by atoms with Gasteiger partial charge in [0, 0.05) is 50.5 Å². The number of carbonyl (C=O) groups is 1. The van der Waals surface area contributed by atoms with Gasteiger partial charge in [0.1, 0.15) is 18.0 Å². The summed E-state index contributed by atoms with van der Waals surface area (Å²) in [6.45, 7) is 6.09. The van der Waals surface area contributed by atoms with Crippen LogP contribution in [0.2, 0.25) is 0 Å². The Morgan fingerprint density at radius 3 is 2.43 bits per heavy atom. The van der Waals surface area contributed by atoms with Gasteiger partial charge in [-0.3, -0.25) is 14.4 Å². The van der Waals surface area contributed by atoms with Crippen LogP contribution in [0.3, 0.4) is 0 Å². The number of hydrogen-bond donors (Lipinski definition) is 1. The fraction of sp³-hybridized carbons (Fsp3) is 0.229. The zero-order valence-electron chi connectivity index (χ0n) is 24.8. The molecule has 1 amide bonds. The first-order valence-electron chi connectivity index (χ1n) is 14.6. The third kappa shape index (κ3) is 7.06. The van der Waals surface area contributed by atoms with Gasteiger partial charge in [0.2, 0.25) is 5.43 Å². The van der Waals surface area contributed by atoms with Crippen LogP contribution in [0, 0.1) is 12.7 Å². The quantitative estimate of drug-likeness (QED) is 0.211. The summed E-state index contributed by atoms with van der Waals surface area (Å²) in [7, 11) is 0. The zero-order chi connectivity index (χ0) is 31.1. The van der Waals surface area contributed by atoms with Gasteiger partial charge in [-0.25, -0.2) is 4.39 Å². The molecule has 0 unspecified atom stereocenters. The van der Waals surface area contributed by atoms with E-state index in [2.05, 4.69) is 29.3 Å². The number of fused-ring (bicyclic) bond motifs is 1. The minimum atomic E-state index is -0.681. The lowest BCUT2D eigenvalue weighted by atomic mass is 10.2. The van der Waals surface area contributed by atoms with Crippen molar-refractivity contribution in [2.75, 3.05) is 18.0 Å². The van der Waals surface area contributed by atoms with Crippen molar-refractivity contribution in [3.63, 3.8) is 0 Å². The van der Waals surface area contributed by atoms with Crippen molar-refractivity contribution in [2.24, 2.45) is 0 Å². The van der Waals surface area contributed by atoms with Crippen molar-refractivity contribution in [1.29, 1.82) is 0 Å². The molecule has 0 fully saturated rings. The second-order valence-electron chi connectivity index (χ2n) is 10.7. The molecule has 1 N–H and O–H groups in total. The number of nitrogens with zero attached hydrogens (tertiary/aromatic N) is 3. The minimum absolute atomic E-state index is 0.0400. The molecule has 3 aromatic carbocycles. The Kier molecular flexibility index (Phi) is 9.54. The van der Waals surface area contributed by atoms with Crippen molar-refractivity contribution < 1.29 is 13.9 Å². The van der Waals surface area contributed by atoms with E-state index < -0.39 is 16.9 Å². The van der Waals surface area contributed by atoms with E-state index in [0.717, 1.165) is 29.8 Å². The molecule has 5 rings (SSSR count). The Balaban J connectivity index is 1.48. The maximum atomic E-state index is 13.9. The summed E-state index contributed by atoms with van der Waals surface area (Å²) in [5.41, 5.74) is 2.53. The van der Waals surface area contributed by atoms with E-state index in [0.29, 0.717) is 18.7 Å². The van der Waals surface area contributed by atoms with E-state index in [1.54, 1.807) is 29.1 Å². The zero-order valence-corrected chi connectivity index (χ0v) is 24.8. The SMILES string of the molecule is CCCN(CCn1ccn2cc(C(=O)NCc3ccc(F)cc3)c(=O)c(OCc3ccccc3)c2c1=O)c1cccc(C)c1. The molecule has 0 saturated heterocycles. The summed E-state index contributed by atoms with van der Waals surface area (Å²) in [6, 6.07) is 23.2. The Hall–Kier alpha value is -5.18. The Morgan fingerprint density at radius 2 is 1.70 bits per heavy atom. The highest BCUT2D eigenvalue weighted by Gasteiger charge is 2.21. The third-order valence-corrected chi connectivity index (χ3v) is 7.37. The molecule has 8 nitrogen and oxygen atoms in total. The van der Waals surface area contributed by atoms with Crippen LogP contribution in [0.25, 0.3) is 5.52 Å². The molecule has 2 aromatic heterocycles. The van der Waals surface area contributed by atoms with Gasteiger partial charge in [-0.2, -0.15) is 0 Å². The highest BCUT2D eigenvalue weighted by molar-refractivity contribution is 5.95. The molecular weight excluding hydrogens is 559 g/mol. The van der Waals surface area contributed by atoms with Crippen molar-refractivity contribution in [1.82, 2.24) is 14.3 Å². The van der Waals surface area contributed by atoms with Crippen molar-refractivity contribution >= 4 is 17.1 Å². The predicted octanol–water partition coefficient (Wildman–Crippen LogP) is 5.33. The topological polar surface area (TPSA) is 85.1 Å². The lowest BCUT2D eigenvalue weighted by Crippen LogP contribution is -2.34. The monoisotopic (exact) mass is 594 g/mol. The maximum Gasteiger partial charge on any atom is 0.278 e. The number of ether oxygens (including phenoxy) is 1. The fourth-order valence-electron chi connectivity index (χ4n) is 5.06. The number of aromatic nitrogens is 2. The number of aryl methyl sites for hydroxylation is 1. The summed E-state index contributed by atoms with van der Waals surface area (Å²) in [4.78, 5) is 43.0. The second kappa shape index (κ2) is 13.9. The van der Waals surface area contributed by atoms with Crippen LogP contribution in [-0.4, -0.2) is 28.0 Å². The van der Waals surface area contributed by atoms with E-state index in [1.807, 2.05) is 49.4 Å². The summed E-state index contributed by atoms with van der Waals surface area (Å²) in [6.07, 6.45) is 5.61. The average Bonchev–Trinajstić information content (AvgIpc) is 3.03. The van der Waals surface area contributed by atoms with Gasteiger partial charge in [0.15, 0.2) is 11.3 Å². The van der Waals surface area contributed by atoms with E-state index in [4.69, 9.17) is 4.74 Å². The van der Waals surface area contributed by atoms with Crippen LogP contribution in [0.5, 0.6) is 5.75 Å². The molecule has 226 valence electrons. The molecule has 2 heterocycles. The molecule has 44 heavy (non-hydrogen) atoms. The second-order valence-corrected chi connectivity index (χ2v) is 10.7. The van der Waals surface area contributed by atoms with Gasteiger partial charge in [0.25, 0.3) is 11.5 Å². The average molecular weight is 595 g/mol. The number of amides is 1. The molecule has 0 aliphatic heterocycles. The van der Waals surface area contributed by atoms with Crippen molar-refractivity contribution in [3.05, 3.63) is 146 Å². The number of benzene rings is 3. The van der Waals surface area contributed by atoms with Crippen LogP contribution in [0.1, 0.15) is 40.4 Å². The molecule has 9 heteroatoms. The lowest BCUT2D eigenvalue weighted by Gasteiger charge is -2.25. The van der Waals surface area contributed by atoms with E-state index in [1.165, 1.54) is 22.7 Å². The molecule has 0 radical (unpaired) electrons. The normalized spacial score (nSPS) is 11.0. The van der Waals surface area contributed by atoms with E-state index in [-0.39, 0.29) is 35.8 Å². The number of halogens is 1. The fourth-order valence-corrected chi connectivity index (χ4v) is 5.06. The number of carbonyl (C=O) groups excluding carboxylic acids is 1. The number of anilines is 1. The van der Waals surface area contributed by atoms with Crippen LogP contribution < -0.4 is 25.9 Å². The molecule has 0 bridgehead atoms. The number of nitrogens with one attached hydrogen (secondary N) is 1. The van der Waals surface area contributed by atoms with Crippen LogP contribution in [0.15, 0.2) is 107 Å².